The highest BCUT2D eigenvalue weighted by molar-refractivity contribution is 6.03. The van der Waals surface area contributed by atoms with Crippen LogP contribution < -0.4 is 10.6 Å². The van der Waals surface area contributed by atoms with Gasteiger partial charge in [-0.15, -0.1) is 0 Å². The van der Waals surface area contributed by atoms with E-state index in [0.717, 1.165) is 6.54 Å². The van der Waals surface area contributed by atoms with Crippen LogP contribution in [0.4, 0.5) is 11.5 Å². The van der Waals surface area contributed by atoms with Crippen LogP contribution in [-0.4, -0.2) is 22.4 Å². The van der Waals surface area contributed by atoms with Gasteiger partial charge in [-0.1, -0.05) is 26.0 Å². The van der Waals surface area contributed by atoms with E-state index in [9.17, 15) is 4.79 Å². The van der Waals surface area contributed by atoms with Gasteiger partial charge in [0.1, 0.15) is 23.4 Å². The molecule has 0 radical (unpaired) electrons. The molecule has 6 nitrogen and oxygen atoms in total. The Hall–Kier alpha value is -2.94. The first-order valence-electron chi connectivity index (χ1n) is 7.39. The van der Waals surface area contributed by atoms with Crippen molar-refractivity contribution in [2.75, 3.05) is 17.2 Å². The lowest BCUT2D eigenvalue weighted by Gasteiger charge is -2.11. The maximum absolute atomic E-state index is 12.4. The highest BCUT2D eigenvalue weighted by Crippen LogP contribution is 2.15. The number of aryl methyl sites for hydroxylation is 1. The third-order valence-electron chi connectivity index (χ3n) is 3.06. The number of rotatable bonds is 5. The number of para-hydroxylation sites is 1. The smallest absolute Gasteiger partial charge is 0.274 e. The van der Waals surface area contributed by atoms with Crippen molar-refractivity contribution in [3.63, 3.8) is 0 Å². The fourth-order valence-corrected chi connectivity index (χ4v) is 1.96. The van der Waals surface area contributed by atoms with Crippen LogP contribution in [0.15, 0.2) is 30.3 Å². The molecular formula is C17H19N5O. The highest BCUT2D eigenvalue weighted by atomic mass is 16.1. The molecular weight excluding hydrogens is 290 g/mol. The number of nitrogens with one attached hydrogen (secondary N) is 2. The van der Waals surface area contributed by atoms with E-state index < -0.39 is 0 Å². The first kappa shape index (κ1) is 16.4. The zero-order valence-corrected chi connectivity index (χ0v) is 13.4. The SMILES string of the molecule is Cc1nc(NCC(C)C)cc(C(=O)Nc2ccccc2C#N)n1. The summed E-state index contributed by atoms with van der Waals surface area (Å²) in [7, 11) is 0. The number of nitriles is 1. The first-order chi connectivity index (χ1) is 11.0. The van der Waals surface area contributed by atoms with Crippen molar-refractivity contribution in [1.82, 2.24) is 9.97 Å². The number of aromatic nitrogens is 2. The van der Waals surface area contributed by atoms with Crippen LogP contribution in [0.1, 0.15) is 35.7 Å². The molecule has 0 aliphatic heterocycles. The summed E-state index contributed by atoms with van der Waals surface area (Å²) in [6.45, 7) is 6.68. The number of hydrogen-bond acceptors (Lipinski definition) is 5. The molecule has 0 atom stereocenters. The standard InChI is InChI=1S/C17H19N5O/c1-11(2)10-19-16-8-15(20-12(3)21-16)17(23)22-14-7-5-4-6-13(14)9-18/h4-8,11H,10H2,1-3H3,(H,22,23)(H,19,20,21). The number of carbonyl (C=O) groups excluding carboxylic acids is 1. The van der Waals surface area contributed by atoms with Gasteiger partial charge in [-0.3, -0.25) is 4.79 Å². The lowest BCUT2D eigenvalue weighted by molar-refractivity contribution is 0.102. The Morgan fingerprint density at radius 2 is 2.04 bits per heavy atom. The van der Waals surface area contributed by atoms with Gasteiger partial charge >= 0.3 is 0 Å². The number of benzene rings is 1. The van der Waals surface area contributed by atoms with Gasteiger partial charge in [0.05, 0.1) is 11.3 Å². The van der Waals surface area contributed by atoms with Crippen molar-refractivity contribution >= 4 is 17.4 Å². The van der Waals surface area contributed by atoms with E-state index in [2.05, 4.69) is 34.4 Å². The quantitative estimate of drug-likeness (QED) is 0.886. The molecule has 2 aromatic rings. The zero-order chi connectivity index (χ0) is 16.8. The Bertz CT molecular complexity index is 749. The Morgan fingerprint density at radius 1 is 1.30 bits per heavy atom. The summed E-state index contributed by atoms with van der Waals surface area (Å²) >= 11 is 0. The summed E-state index contributed by atoms with van der Waals surface area (Å²) in [5, 5.41) is 15.0. The summed E-state index contributed by atoms with van der Waals surface area (Å²) in [6, 6.07) is 10.5. The summed E-state index contributed by atoms with van der Waals surface area (Å²) < 4.78 is 0. The molecule has 1 amide bonds. The fraction of sp³-hybridized carbons (Fsp3) is 0.294. The second kappa shape index (κ2) is 7.36. The number of hydrogen-bond donors (Lipinski definition) is 2. The minimum Gasteiger partial charge on any atom is -0.370 e. The van der Waals surface area contributed by atoms with Crippen LogP contribution in [0.2, 0.25) is 0 Å². The molecule has 2 N–H and O–H groups in total. The molecule has 0 aliphatic rings. The minimum absolute atomic E-state index is 0.261. The number of anilines is 2. The van der Waals surface area contributed by atoms with Crippen LogP contribution >= 0.6 is 0 Å². The van der Waals surface area contributed by atoms with Crippen LogP contribution in [-0.2, 0) is 0 Å². The summed E-state index contributed by atoms with van der Waals surface area (Å²) in [6.07, 6.45) is 0. The Morgan fingerprint density at radius 3 is 2.74 bits per heavy atom. The molecule has 2 rings (SSSR count). The fourth-order valence-electron chi connectivity index (χ4n) is 1.96. The molecule has 0 spiro atoms. The molecule has 0 saturated carbocycles. The number of amides is 1. The molecule has 0 bridgehead atoms. The molecule has 1 aromatic carbocycles. The van der Waals surface area contributed by atoms with Crippen molar-refractivity contribution in [2.45, 2.75) is 20.8 Å². The summed E-state index contributed by atoms with van der Waals surface area (Å²) in [5.41, 5.74) is 1.13. The van der Waals surface area contributed by atoms with Gasteiger partial charge in [0, 0.05) is 12.6 Å². The molecule has 0 saturated heterocycles. The van der Waals surface area contributed by atoms with Crippen LogP contribution in [0.25, 0.3) is 0 Å². The third kappa shape index (κ3) is 4.51. The van der Waals surface area contributed by atoms with Crippen LogP contribution in [0.5, 0.6) is 0 Å². The van der Waals surface area contributed by atoms with Crippen molar-refractivity contribution in [2.24, 2.45) is 5.92 Å². The third-order valence-corrected chi connectivity index (χ3v) is 3.06. The lowest BCUT2D eigenvalue weighted by Crippen LogP contribution is -2.17. The maximum atomic E-state index is 12.4. The average Bonchev–Trinajstić information content (AvgIpc) is 2.53. The molecule has 1 aromatic heterocycles. The van der Waals surface area contributed by atoms with E-state index in [1.54, 1.807) is 37.3 Å². The minimum atomic E-state index is -0.370. The van der Waals surface area contributed by atoms with Crippen LogP contribution in [0, 0.1) is 24.2 Å². The summed E-state index contributed by atoms with van der Waals surface area (Å²) in [5.74, 6) is 1.22. The Kier molecular flexibility index (Phi) is 5.26. The second-order valence-corrected chi connectivity index (χ2v) is 5.57. The van der Waals surface area contributed by atoms with E-state index in [4.69, 9.17) is 5.26 Å². The molecule has 0 aliphatic carbocycles. The van der Waals surface area contributed by atoms with Crippen molar-refractivity contribution in [3.05, 3.63) is 47.4 Å². The van der Waals surface area contributed by atoms with E-state index in [1.807, 2.05) is 6.07 Å². The molecule has 1 heterocycles. The topological polar surface area (TPSA) is 90.7 Å². The van der Waals surface area contributed by atoms with E-state index in [0.29, 0.717) is 28.8 Å². The highest BCUT2D eigenvalue weighted by Gasteiger charge is 2.12. The van der Waals surface area contributed by atoms with Gasteiger partial charge in [-0.05, 0) is 25.0 Å². The van der Waals surface area contributed by atoms with Crippen LogP contribution in [0.3, 0.4) is 0 Å². The Labute approximate surface area is 135 Å². The van der Waals surface area contributed by atoms with Gasteiger partial charge in [0.2, 0.25) is 0 Å². The largest absolute Gasteiger partial charge is 0.370 e. The predicted molar refractivity (Wildman–Crippen MR) is 89.2 cm³/mol. The van der Waals surface area contributed by atoms with E-state index in [-0.39, 0.29) is 11.6 Å². The monoisotopic (exact) mass is 309 g/mol. The maximum Gasteiger partial charge on any atom is 0.274 e. The van der Waals surface area contributed by atoms with E-state index >= 15 is 0 Å². The first-order valence-corrected chi connectivity index (χ1v) is 7.39. The predicted octanol–water partition coefficient (Wildman–Crippen LogP) is 2.98. The molecule has 6 heteroatoms. The molecule has 23 heavy (non-hydrogen) atoms. The van der Waals surface area contributed by atoms with Gasteiger partial charge in [-0.2, -0.15) is 5.26 Å². The zero-order valence-electron chi connectivity index (χ0n) is 13.4. The van der Waals surface area contributed by atoms with Gasteiger partial charge < -0.3 is 10.6 Å². The van der Waals surface area contributed by atoms with Gasteiger partial charge in [0.25, 0.3) is 5.91 Å². The normalized spacial score (nSPS) is 10.2. The molecule has 0 unspecified atom stereocenters. The second-order valence-electron chi connectivity index (χ2n) is 5.57. The molecule has 0 fully saturated rings. The average molecular weight is 309 g/mol. The Balaban J connectivity index is 2.20. The lowest BCUT2D eigenvalue weighted by atomic mass is 10.2. The van der Waals surface area contributed by atoms with Gasteiger partial charge in [-0.25, -0.2) is 9.97 Å². The van der Waals surface area contributed by atoms with Gasteiger partial charge in [0.15, 0.2) is 0 Å². The summed E-state index contributed by atoms with van der Waals surface area (Å²) in [4.78, 5) is 20.8. The number of carbonyl (C=O) groups is 1. The van der Waals surface area contributed by atoms with E-state index in [1.165, 1.54) is 0 Å². The van der Waals surface area contributed by atoms with Crippen molar-refractivity contribution in [1.29, 1.82) is 5.26 Å². The molecule has 118 valence electrons. The number of nitrogens with zero attached hydrogens (tertiary/aromatic N) is 3. The van der Waals surface area contributed by atoms with Crippen molar-refractivity contribution in [3.8, 4) is 6.07 Å². The van der Waals surface area contributed by atoms with Crippen molar-refractivity contribution < 1.29 is 4.79 Å².